The highest BCUT2D eigenvalue weighted by atomic mass is 19.4. The third-order valence-electron chi connectivity index (χ3n) is 1.07. The van der Waals surface area contributed by atoms with Crippen LogP contribution < -0.4 is 0 Å². The molecule has 0 aromatic rings. The Bertz CT molecular complexity index is 132. The second-order valence-corrected chi connectivity index (χ2v) is 2.12. The number of carbonyl (C=O) groups is 1. The smallest absolute Gasteiger partial charge is 0.475 e. The van der Waals surface area contributed by atoms with Gasteiger partial charge >= 0.3 is 12.1 Å². The van der Waals surface area contributed by atoms with E-state index in [0.717, 1.165) is 13.2 Å². The molecule has 72 valence electrons. The second-order valence-electron chi connectivity index (χ2n) is 2.12. The fourth-order valence-corrected chi connectivity index (χ4v) is 0.510. The Morgan fingerprint density at radius 3 is 1.67 bits per heavy atom. The Morgan fingerprint density at radius 1 is 1.25 bits per heavy atom. The summed E-state index contributed by atoms with van der Waals surface area (Å²) >= 11 is 0. The van der Waals surface area contributed by atoms with E-state index in [9.17, 15) is 13.2 Å². The molecule has 0 unspecified atom stereocenters. The van der Waals surface area contributed by atoms with E-state index in [2.05, 4.69) is 0 Å². The van der Waals surface area contributed by atoms with Crippen molar-refractivity contribution < 1.29 is 27.8 Å². The summed E-state index contributed by atoms with van der Waals surface area (Å²) in [5.41, 5.74) is 0. The molecule has 1 fully saturated rings. The summed E-state index contributed by atoms with van der Waals surface area (Å²) in [4.78, 5) is 8.90. The van der Waals surface area contributed by atoms with E-state index >= 15 is 0 Å². The molecule has 6 heteroatoms. The number of halogens is 3. The van der Waals surface area contributed by atoms with E-state index in [1.807, 2.05) is 0 Å². The third kappa shape index (κ3) is 5.96. The number of hydrogen-bond acceptors (Lipinski definition) is 2. The van der Waals surface area contributed by atoms with Crippen LogP contribution in [0.25, 0.3) is 0 Å². The minimum Gasteiger partial charge on any atom is -0.475 e. The highest BCUT2D eigenvalue weighted by Crippen LogP contribution is 2.13. The van der Waals surface area contributed by atoms with Gasteiger partial charge < -0.3 is 9.84 Å². The number of ether oxygens (including phenoxy) is 1. The number of carboxylic acids is 1. The van der Waals surface area contributed by atoms with Crippen molar-refractivity contribution in [1.82, 2.24) is 0 Å². The van der Waals surface area contributed by atoms with Crippen molar-refractivity contribution in [2.24, 2.45) is 0 Å². The topological polar surface area (TPSA) is 46.5 Å². The van der Waals surface area contributed by atoms with Crippen molar-refractivity contribution in [2.45, 2.75) is 19.0 Å². The maximum Gasteiger partial charge on any atom is 0.490 e. The molecule has 1 aliphatic heterocycles. The average Bonchev–Trinajstić information content (AvgIpc) is 2.39. The van der Waals surface area contributed by atoms with Gasteiger partial charge in [-0.2, -0.15) is 13.2 Å². The number of hydrogen-bond donors (Lipinski definition) is 1. The predicted octanol–water partition coefficient (Wildman–Crippen LogP) is 1.43. The summed E-state index contributed by atoms with van der Waals surface area (Å²) in [5, 5.41) is 7.12. The molecule has 12 heavy (non-hydrogen) atoms. The van der Waals surface area contributed by atoms with Gasteiger partial charge in [0.15, 0.2) is 0 Å². The molecule has 0 bridgehead atoms. The average molecular weight is 186 g/mol. The minimum absolute atomic E-state index is 1.00. The van der Waals surface area contributed by atoms with E-state index in [-0.39, 0.29) is 0 Å². The molecule has 0 aromatic heterocycles. The van der Waals surface area contributed by atoms with Crippen LogP contribution in [0, 0.1) is 0 Å². The SMILES string of the molecule is C1CCOC1.O=C(O)C(F)(F)F. The summed E-state index contributed by atoms with van der Waals surface area (Å²) < 4.78 is 36.7. The molecule has 0 radical (unpaired) electrons. The van der Waals surface area contributed by atoms with Crippen molar-refractivity contribution >= 4 is 5.97 Å². The standard InChI is InChI=1S/C4H8O.C2HF3O2/c1-2-4-5-3-1;3-2(4,5)1(6)7/h1-4H2;(H,6,7). The fourth-order valence-electron chi connectivity index (χ4n) is 0.510. The number of carboxylic acid groups (broad SMARTS) is 1. The van der Waals surface area contributed by atoms with Gasteiger partial charge in [0.25, 0.3) is 0 Å². The van der Waals surface area contributed by atoms with Crippen molar-refractivity contribution in [2.75, 3.05) is 13.2 Å². The highest BCUT2D eigenvalue weighted by Gasteiger charge is 2.38. The van der Waals surface area contributed by atoms with Gasteiger partial charge in [0, 0.05) is 13.2 Å². The third-order valence-corrected chi connectivity index (χ3v) is 1.07. The fraction of sp³-hybridized carbons (Fsp3) is 0.833. The molecule has 1 N–H and O–H groups in total. The Kier molecular flexibility index (Phi) is 4.65. The molecule has 3 nitrogen and oxygen atoms in total. The lowest BCUT2D eigenvalue weighted by atomic mass is 10.4. The summed E-state index contributed by atoms with van der Waals surface area (Å²) in [6, 6.07) is 0. The van der Waals surface area contributed by atoms with Gasteiger partial charge in [-0.1, -0.05) is 0 Å². The van der Waals surface area contributed by atoms with Crippen molar-refractivity contribution in [3.63, 3.8) is 0 Å². The predicted molar refractivity (Wildman–Crippen MR) is 33.7 cm³/mol. The minimum atomic E-state index is -5.08. The van der Waals surface area contributed by atoms with Crippen LogP contribution in [0.3, 0.4) is 0 Å². The summed E-state index contributed by atoms with van der Waals surface area (Å²) in [5.74, 6) is -2.76. The lowest BCUT2D eigenvalue weighted by molar-refractivity contribution is -0.192. The Labute approximate surface area is 67.1 Å². The Balaban J connectivity index is 0.000000211. The molecule has 1 rings (SSSR count). The quantitative estimate of drug-likeness (QED) is 0.622. The first-order chi connectivity index (χ1) is 5.44. The zero-order valence-corrected chi connectivity index (χ0v) is 6.23. The van der Waals surface area contributed by atoms with Crippen LogP contribution >= 0.6 is 0 Å². The van der Waals surface area contributed by atoms with Crippen LogP contribution in [-0.2, 0) is 9.53 Å². The largest absolute Gasteiger partial charge is 0.490 e. The molecule has 1 aliphatic rings. The zero-order chi connectivity index (χ0) is 9.61. The molecular formula is C6H9F3O3. The molecule has 0 aromatic carbocycles. The first-order valence-corrected chi connectivity index (χ1v) is 3.32. The van der Waals surface area contributed by atoms with Crippen LogP contribution in [0.15, 0.2) is 0 Å². The summed E-state index contributed by atoms with van der Waals surface area (Å²) in [6.07, 6.45) is -2.53. The van der Waals surface area contributed by atoms with Crippen molar-refractivity contribution in [3.05, 3.63) is 0 Å². The van der Waals surface area contributed by atoms with Gasteiger partial charge in [-0.15, -0.1) is 0 Å². The highest BCUT2D eigenvalue weighted by molar-refractivity contribution is 5.73. The van der Waals surface area contributed by atoms with Gasteiger partial charge in [-0.05, 0) is 12.8 Å². The Hall–Kier alpha value is -0.780. The van der Waals surface area contributed by atoms with Crippen molar-refractivity contribution in [1.29, 1.82) is 0 Å². The number of rotatable bonds is 0. The number of aliphatic carboxylic acids is 1. The van der Waals surface area contributed by atoms with Gasteiger partial charge in [-0.25, -0.2) is 4.79 Å². The molecular weight excluding hydrogens is 177 g/mol. The lowest BCUT2D eigenvalue weighted by Crippen LogP contribution is -2.21. The maximum absolute atomic E-state index is 10.6. The van der Waals surface area contributed by atoms with E-state index in [1.165, 1.54) is 12.8 Å². The van der Waals surface area contributed by atoms with Crippen molar-refractivity contribution in [3.8, 4) is 0 Å². The summed E-state index contributed by atoms with van der Waals surface area (Å²) in [6.45, 7) is 2.00. The number of alkyl halides is 3. The monoisotopic (exact) mass is 186 g/mol. The molecule has 1 heterocycles. The van der Waals surface area contributed by atoms with Gasteiger partial charge in [0.1, 0.15) is 0 Å². The molecule has 0 amide bonds. The zero-order valence-electron chi connectivity index (χ0n) is 6.23. The molecule has 0 spiro atoms. The van der Waals surface area contributed by atoms with Crippen LogP contribution in [0.5, 0.6) is 0 Å². The summed E-state index contributed by atoms with van der Waals surface area (Å²) in [7, 11) is 0. The van der Waals surface area contributed by atoms with Gasteiger partial charge in [0.2, 0.25) is 0 Å². The first-order valence-electron chi connectivity index (χ1n) is 3.32. The van der Waals surface area contributed by atoms with E-state index in [4.69, 9.17) is 14.6 Å². The molecule has 1 saturated heterocycles. The lowest BCUT2D eigenvalue weighted by Gasteiger charge is -1.93. The molecule has 0 aliphatic carbocycles. The first kappa shape index (κ1) is 11.2. The van der Waals surface area contributed by atoms with Crippen LogP contribution in [-0.4, -0.2) is 30.5 Å². The van der Waals surface area contributed by atoms with Crippen LogP contribution in [0.4, 0.5) is 13.2 Å². The van der Waals surface area contributed by atoms with Gasteiger partial charge in [-0.3, -0.25) is 0 Å². The van der Waals surface area contributed by atoms with E-state index in [0.29, 0.717) is 0 Å². The Morgan fingerprint density at radius 2 is 1.58 bits per heavy atom. The van der Waals surface area contributed by atoms with E-state index < -0.39 is 12.1 Å². The normalized spacial score (nSPS) is 16.6. The van der Waals surface area contributed by atoms with Gasteiger partial charge in [0.05, 0.1) is 0 Å². The van der Waals surface area contributed by atoms with E-state index in [1.54, 1.807) is 0 Å². The molecule has 0 saturated carbocycles. The van der Waals surface area contributed by atoms with Crippen LogP contribution in [0.2, 0.25) is 0 Å². The molecule has 0 atom stereocenters. The van der Waals surface area contributed by atoms with Crippen LogP contribution in [0.1, 0.15) is 12.8 Å². The maximum atomic E-state index is 10.6. The second kappa shape index (κ2) is 4.97.